The molecule has 2 fully saturated rings. The molecule has 1 atom stereocenters. The largest absolute Gasteiger partial charge is 0.484 e. The lowest BCUT2D eigenvalue weighted by molar-refractivity contribution is -0.135. The minimum Gasteiger partial charge on any atom is -0.484 e. The van der Waals surface area contributed by atoms with Crippen molar-refractivity contribution in [3.8, 4) is 5.75 Å². The van der Waals surface area contributed by atoms with E-state index in [1.807, 2.05) is 48.4 Å². The first-order valence-corrected chi connectivity index (χ1v) is 11.2. The van der Waals surface area contributed by atoms with Gasteiger partial charge < -0.3 is 14.4 Å². The van der Waals surface area contributed by atoms with Crippen LogP contribution in [0.15, 0.2) is 48.8 Å². The van der Waals surface area contributed by atoms with E-state index in [2.05, 4.69) is 23.0 Å². The van der Waals surface area contributed by atoms with Crippen LogP contribution in [-0.4, -0.2) is 66.7 Å². The zero-order valence-corrected chi connectivity index (χ0v) is 18.6. The number of likely N-dealkylation sites (N-methyl/N-ethyl adjacent to an activating group) is 1. The van der Waals surface area contributed by atoms with E-state index in [-0.39, 0.29) is 24.0 Å². The van der Waals surface area contributed by atoms with E-state index in [0.29, 0.717) is 0 Å². The molecule has 6 nitrogen and oxygen atoms in total. The molecule has 2 aliphatic rings. The number of aryl methyl sites for hydroxylation is 1. The highest BCUT2D eigenvalue weighted by atomic mass is 16.5. The molecular weight excluding hydrogens is 390 g/mol. The van der Waals surface area contributed by atoms with Crippen molar-refractivity contribution in [2.75, 3.05) is 39.9 Å². The number of benzene rings is 1. The van der Waals surface area contributed by atoms with Crippen LogP contribution in [0.4, 0.5) is 0 Å². The molecule has 2 aromatic rings. The van der Waals surface area contributed by atoms with Crippen molar-refractivity contribution in [3.05, 3.63) is 59.9 Å². The van der Waals surface area contributed by atoms with Crippen LogP contribution in [0.25, 0.3) is 0 Å². The van der Waals surface area contributed by atoms with Gasteiger partial charge in [0.05, 0.1) is 12.7 Å². The molecule has 2 aliphatic heterocycles. The van der Waals surface area contributed by atoms with Crippen molar-refractivity contribution in [1.29, 1.82) is 0 Å². The molecule has 0 saturated carbocycles. The van der Waals surface area contributed by atoms with Gasteiger partial charge in [-0.3, -0.25) is 14.7 Å². The summed E-state index contributed by atoms with van der Waals surface area (Å²) in [6, 6.07) is 11.9. The van der Waals surface area contributed by atoms with Crippen molar-refractivity contribution in [2.24, 2.45) is 5.41 Å². The van der Waals surface area contributed by atoms with E-state index in [1.165, 1.54) is 11.1 Å². The Morgan fingerprint density at radius 3 is 2.74 bits per heavy atom. The summed E-state index contributed by atoms with van der Waals surface area (Å²) in [5, 5.41) is 0. The lowest BCUT2D eigenvalue weighted by atomic mass is 9.76. The molecule has 1 aromatic carbocycles. The average molecular weight is 424 g/mol. The fourth-order valence-corrected chi connectivity index (χ4v) is 4.68. The fourth-order valence-electron chi connectivity index (χ4n) is 4.68. The number of hydrogen-bond donors (Lipinski definition) is 0. The second-order valence-electron chi connectivity index (χ2n) is 9.18. The Kier molecular flexibility index (Phi) is 6.88. The summed E-state index contributed by atoms with van der Waals surface area (Å²) in [5.41, 5.74) is 2.62. The van der Waals surface area contributed by atoms with Crippen LogP contribution >= 0.6 is 0 Å². The molecule has 0 unspecified atom stereocenters. The molecule has 6 heteroatoms. The van der Waals surface area contributed by atoms with Crippen molar-refractivity contribution in [1.82, 2.24) is 14.8 Å². The van der Waals surface area contributed by atoms with E-state index in [9.17, 15) is 4.79 Å². The molecule has 1 aromatic heterocycles. The van der Waals surface area contributed by atoms with Gasteiger partial charge in [-0.05, 0) is 62.4 Å². The molecule has 0 radical (unpaired) electrons. The molecular formula is C25H33N3O3. The van der Waals surface area contributed by atoms with E-state index >= 15 is 0 Å². The van der Waals surface area contributed by atoms with Crippen LogP contribution in [0.3, 0.4) is 0 Å². The van der Waals surface area contributed by atoms with Gasteiger partial charge in [0.25, 0.3) is 5.91 Å². The number of piperidine rings is 1. The number of carbonyl (C=O) groups is 1. The summed E-state index contributed by atoms with van der Waals surface area (Å²) in [7, 11) is 2.14. The predicted molar refractivity (Wildman–Crippen MR) is 120 cm³/mol. The first-order chi connectivity index (χ1) is 15.0. The maximum Gasteiger partial charge on any atom is 0.260 e. The van der Waals surface area contributed by atoms with Crippen LogP contribution in [0.1, 0.15) is 30.4 Å². The predicted octanol–water partition coefficient (Wildman–Crippen LogP) is 3.30. The van der Waals surface area contributed by atoms with Gasteiger partial charge in [-0.25, -0.2) is 0 Å². The van der Waals surface area contributed by atoms with Gasteiger partial charge in [0.2, 0.25) is 0 Å². The van der Waals surface area contributed by atoms with Crippen LogP contribution in [-0.2, 0) is 16.1 Å². The van der Waals surface area contributed by atoms with Gasteiger partial charge in [-0.15, -0.1) is 0 Å². The minimum absolute atomic E-state index is 0.0714. The van der Waals surface area contributed by atoms with Crippen molar-refractivity contribution in [2.45, 2.75) is 38.8 Å². The Bertz CT molecular complexity index is 848. The lowest BCUT2D eigenvalue weighted by Crippen LogP contribution is -2.45. The number of hydrogen-bond acceptors (Lipinski definition) is 5. The third kappa shape index (κ3) is 5.83. The second kappa shape index (κ2) is 9.79. The number of aromatic nitrogens is 1. The molecule has 166 valence electrons. The van der Waals surface area contributed by atoms with Gasteiger partial charge in [0.15, 0.2) is 6.61 Å². The molecule has 3 heterocycles. The van der Waals surface area contributed by atoms with Crippen molar-refractivity contribution in [3.63, 3.8) is 0 Å². The first kappa shape index (κ1) is 21.8. The van der Waals surface area contributed by atoms with Crippen LogP contribution in [0.2, 0.25) is 0 Å². The molecule has 1 spiro atoms. The fraction of sp³-hybridized carbons (Fsp3) is 0.520. The van der Waals surface area contributed by atoms with E-state index in [1.54, 1.807) is 6.20 Å². The molecule has 1 amide bonds. The number of amides is 1. The van der Waals surface area contributed by atoms with Crippen LogP contribution in [0, 0.1) is 12.3 Å². The van der Waals surface area contributed by atoms with Gasteiger partial charge in [0.1, 0.15) is 5.75 Å². The Morgan fingerprint density at radius 2 is 2.03 bits per heavy atom. The Balaban J connectivity index is 1.20. The monoisotopic (exact) mass is 423 g/mol. The highest BCUT2D eigenvalue weighted by Gasteiger charge is 2.43. The molecule has 2 saturated heterocycles. The zero-order valence-electron chi connectivity index (χ0n) is 18.6. The van der Waals surface area contributed by atoms with E-state index in [4.69, 9.17) is 9.47 Å². The van der Waals surface area contributed by atoms with Crippen molar-refractivity contribution >= 4 is 5.91 Å². The molecule has 0 bridgehead atoms. The van der Waals surface area contributed by atoms with E-state index < -0.39 is 0 Å². The Labute approximate surface area is 185 Å². The molecule has 4 rings (SSSR count). The maximum absolute atomic E-state index is 12.6. The highest BCUT2D eigenvalue weighted by molar-refractivity contribution is 5.77. The third-order valence-corrected chi connectivity index (χ3v) is 6.54. The third-order valence-electron chi connectivity index (χ3n) is 6.54. The highest BCUT2D eigenvalue weighted by Crippen LogP contribution is 2.42. The summed E-state index contributed by atoms with van der Waals surface area (Å²) in [6.07, 6.45) is 7.07. The van der Waals surface area contributed by atoms with Gasteiger partial charge in [-0.1, -0.05) is 23.8 Å². The summed E-state index contributed by atoms with van der Waals surface area (Å²) < 4.78 is 11.9. The van der Waals surface area contributed by atoms with Crippen molar-refractivity contribution < 1.29 is 14.3 Å². The topological polar surface area (TPSA) is 54.9 Å². The number of ether oxygens (including phenoxy) is 2. The molecule has 0 aliphatic carbocycles. The maximum atomic E-state index is 12.6. The Morgan fingerprint density at radius 1 is 1.26 bits per heavy atom. The number of carbonyl (C=O) groups excluding carboxylic acids is 1. The normalized spacial score (nSPS) is 20.4. The number of pyridine rings is 1. The second-order valence-corrected chi connectivity index (χ2v) is 9.18. The summed E-state index contributed by atoms with van der Waals surface area (Å²) in [5.74, 6) is 0.817. The smallest absolute Gasteiger partial charge is 0.260 e. The van der Waals surface area contributed by atoms with E-state index in [0.717, 1.165) is 57.8 Å². The standard InChI is InChI=1S/C25H33N3O3/c1-20-5-7-22(8-6-20)30-18-24(29)28-12-9-25(10-13-28)14-23(31-19-25)17-27(2)16-21-4-3-11-26-15-21/h3-8,11,15,23H,9-10,12-14,16-19H2,1-2H3/t23-/m0/s1. The minimum atomic E-state index is 0.0714. The molecule has 0 N–H and O–H groups in total. The summed E-state index contributed by atoms with van der Waals surface area (Å²) in [6.45, 7) is 6.33. The zero-order chi connectivity index (χ0) is 21.7. The number of rotatable bonds is 7. The summed E-state index contributed by atoms with van der Waals surface area (Å²) in [4.78, 5) is 21.0. The van der Waals surface area contributed by atoms with Gasteiger partial charge in [-0.2, -0.15) is 0 Å². The quantitative estimate of drug-likeness (QED) is 0.684. The van der Waals surface area contributed by atoms with Crippen LogP contribution in [0.5, 0.6) is 5.75 Å². The van der Waals surface area contributed by atoms with Gasteiger partial charge >= 0.3 is 0 Å². The number of nitrogens with zero attached hydrogens (tertiary/aromatic N) is 3. The summed E-state index contributed by atoms with van der Waals surface area (Å²) >= 11 is 0. The average Bonchev–Trinajstić information content (AvgIpc) is 3.16. The SMILES string of the molecule is Cc1ccc(OCC(=O)N2CCC3(CC2)CO[C@H](CN(C)Cc2cccnc2)C3)cc1. The number of likely N-dealkylation sites (tertiary alicyclic amines) is 1. The lowest BCUT2D eigenvalue weighted by Gasteiger charge is -2.38. The Hall–Kier alpha value is -2.44. The molecule has 31 heavy (non-hydrogen) atoms. The van der Waals surface area contributed by atoms with Crippen LogP contribution < -0.4 is 4.74 Å². The first-order valence-electron chi connectivity index (χ1n) is 11.2. The van der Waals surface area contributed by atoms with Gasteiger partial charge in [0, 0.05) is 38.6 Å².